The summed E-state index contributed by atoms with van der Waals surface area (Å²) in [5.74, 6) is 0.294. The maximum Gasteiger partial charge on any atom is 0.226 e. The van der Waals surface area contributed by atoms with Crippen LogP contribution < -0.4 is 5.73 Å². The van der Waals surface area contributed by atoms with Crippen LogP contribution in [0.3, 0.4) is 0 Å². The van der Waals surface area contributed by atoms with E-state index in [9.17, 15) is 4.79 Å². The van der Waals surface area contributed by atoms with E-state index in [1.165, 1.54) is 12.8 Å². The molecule has 0 aromatic rings. The highest BCUT2D eigenvalue weighted by Crippen LogP contribution is 2.27. The van der Waals surface area contributed by atoms with Gasteiger partial charge in [-0.3, -0.25) is 4.79 Å². The Labute approximate surface area is 80.3 Å². The fourth-order valence-corrected chi connectivity index (χ4v) is 1.62. The van der Waals surface area contributed by atoms with Gasteiger partial charge in [-0.05, 0) is 19.3 Å². The lowest BCUT2D eigenvalue weighted by Gasteiger charge is -2.22. The second-order valence-corrected chi connectivity index (χ2v) is 3.90. The molecule has 2 N–H and O–H groups in total. The highest BCUT2D eigenvalue weighted by molar-refractivity contribution is 5.79. The van der Waals surface area contributed by atoms with Gasteiger partial charge in [-0.15, -0.1) is 0 Å². The summed E-state index contributed by atoms with van der Waals surface area (Å²) < 4.78 is 0. The Morgan fingerprint density at radius 2 is 2.23 bits per heavy atom. The Morgan fingerprint density at radius 1 is 1.62 bits per heavy atom. The molecular weight excluding hydrogens is 164 g/mol. The number of hydrogen-bond acceptors (Lipinski definition) is 2. The third kappa shape index (κ3) is 2.69. The first-order valence-electron chi connectivity index (χ1n) is 5.17. The van der Waals surface area contributed by atoms with E-state index < -0.39 is 0 Å². The summed E-state index contributed by atoms with van der Waals surface area (Å²) in [4.78, 5) is 13.7. The van der Waals surface area contributed by atoms with Crippen LogP contribution in [0.5, 0.6) is 0 Å². The molecule has 1 amide bonds. The van der Waals surface area contributed by atoms with Gasteiger partial charge in [0.25, 0.3) is 0 Å². The van der Waals surface area contributed by atoms with Gasteiger partial charge in [-0.2, -0.15) is 0 Å². The lowest BCUT2D eigenvalue weighted by atomic mass is 10.0. The molecule has 0 spiro atoms. The normalized spacial score (nSPS) is 18.4. The molecule has 76 valence electrons. The smallest absolute Gasteiger partial charge is 0.226 e. The minimum Gasteiger partial charge on any atom is -0.342 e. The van der Waals surface area contributed by atoms with Crippen molar-refractivity contribution in [2.45, 2.75) is 38.6 Å². The third-order valence-electron chi connectivity index (χ3n) is 2.71. The van der Waals surface area contributed by atoms with Gasteiger partial charge >= 0.3 is 0 Å². The van der Waals surface area contributed by atoms with Gasteiger partial charge in [0.15, 0.2) is 0 Å². The molecule has 0 aliphatic heterocycles. The minimum atomic E-state index is 0.0515. The summed E-state index contributed by atoms with van der Waals surface area (Å²) in [6.07, 6.45) is 4.30. The molecule has 1 aliphatic rings. The topological polar surface area (TPSA) is 46.3 Å². The van der Waals surface area contributed by atoms with E-state index in [0.717, 1.165) is 12.8 Å². The molecule has 1 unspecified atom stereocenters. The van der Waals surface area contributed by atoms with Crippen LogP contribution >= 0.6 is 0 Å². The van der Waals surface area contributed by atoms with Gasteiger partial charge in [-0.25, -0.2) is 0 Å². The van der Waals surface area contributed by atoms with Crippen LogP contribution in [0, 0.1) is 5.92 Å². The van der Waals surface area contributed by atoms with Crippen LogP contribution in [0.15, 0.2) is 0 Å². The predicted octanol–water partition coefficient (Wildman–Crippen LogP) is 0.982. The van der Waals surface area contributed by atoms with Crippen molar-refractivity contribution < 1.29 is 4.79 Å². The fraction of sp³-hybridized carbons (Fsp3) is 0.900. The highest BCUT2D eigenvalue weighted by atomic mass is 16.2. The van der Waals surface area contributed by atoms with Gasteiger partial charge in [0.2, 0.25) is 5.91 Å². The average Bonchev–Trinajstić information content (AvgIpc) is 2.95. The second-order valence-electron chi connectivity index (χ2n) is 3.90. The lowest BCUT2D eigenvalue weighted by Crippen LogP contribution is -2.37. The first-order chi connectivity index (χ1) is 6.20. The van der Waals surface area contributed by atoms with Crippen LogP contribution in [0.4, 0.5) is 0 Å². The monoisotopic (exact) mass is 184 g/mol. The number of carbonyl (C=O) groups excluding carboxylic acids is 1. The molecule has 0 radical (unpaired) electrons. The Hall–Kier alpha value is -0.570. The number of rotatable bonds is 5. The molecule has 1 fully saturated rings. The van der Waals surface area contributed by atoms with Crippen LogP contribution in [0.25, 0.3) is 0 Å². The number of nitrogens with two attached hydrogens (primary N) is 1. The Morgan fingerprint density at radius 3 is 2.62 bits per heavy atom. The van der Waals surface area contributed by atoms with Gasteiger partial charge in [0, 0.05) is 19.6 Å². The van der Waals surface area contributed by atoms with Crippen molar-refractivity contribution in [1.29, 1.82) is 0 Å². The van der Waals surface area contributed by atoms with E-state index in [1.807, 2.05) is 11.9 Å². The van der Waals surface area contributed by atoms with Crippen molar-refractivity contribution in [3.8, 4) is 0 Å². The summed E-state index contributed by atoms with van der Waals surface area (Å²) in [5.41, 5.74) is 5.57. The molecule has 3 heteroatoms. The molecule has 0 aromatic heterocycles. The Bertz CT molecular complexity index is 178. The number of nitrogens with zero attached hydrogens (tertiary/aromatic N) is 1. The van der Waals surface area contributed by atoms with Crippen LogP contribution in [0.2, 0.25) is 0 Å². The maximum absolute atomic E-state index is 11.8. The molecule has 0 bridgehead atoms. The highest BCUT2D eigenvalue weighted by Gasteiger charge is 2.32. The molecular formula is C10H20N2O. The van der Waals surface area contributed by atoms with E-state index in [4.69, 9.17) is 5.73 Å². The van der Waals surface area contributed by atoms with Gasteiger partial charge in [0.1, 0.15) is 0 Å². The molecule has 13 heavy (non-hydrogen) atoms. The number of amides is 1. The van der Waals surface area contributed by atoms with E-state index in [0.29, 0.717) is 12.6 Å². The molecule has 3 nitrogen and oxygen atoms in total. The molecule has 0 heterocycles. The second kappa shape index (κ2) is 4.61. The van der Waals surface area contributed by atoms with E-state index in [-0.39, 0.29) is 11.8 Å². The maximum atomic E-state index is 11.8. The van der Waals surface area contributed by atoms with Crippen molar-refractivity contribution in [3.63, 3.8) is 0 Å². The summed E-state index contributed by atoms with van der Waals surface area (Å²) in [6, 6.07) is 0.512. The zero-order chi connectivity index (χ0) is 9.84. The van der Waals surface area contributed by atoms with Crippen LogP contribution in [0.1, 0.15) is 32.6 Å². The predicted molar refractivity (Wildman–Crippen MR) is 53.2 cm³/mol. The Balaban J connectivity index is 2.41. The molecule has 1 aliphatic carbocycles. The first kappa shape index (κ1) is 10.5. The summed E-state index contributed by atoms with van der Waals surface area (Å²) in [5, 5.41) is 0. The SMILES string of the molecule is CCCC(CN)C(=O)N(C)C1CC1. The minimum absolute atomic E-state index is 0.0515. The van der Waals surface area contributed by atoms with Crippen molar-refractivity contribution in [2.75, 3.05) is 13.6 Å². The average molecular weight is 184 g/mol. The van der Waals surface area contributed by atoms with Gasteiger partial charge < -0.3 is 10.6 Å². The van der Waals surface area contributed by atoms with Crippen molar-refractivity contribution in [1.82, 2.24) is 4.90 Å². The molecule has 0 saturated heterocycles. The largest absolute Gasteiger partial charge is 0.342 e. The van der Waals surface area contributed by atoms with Crippen LogP contribution in [-0.4, -0.2) is 30.4 Å². The van der Waals surface area contributed by atoms with E-state index in [1.54, 1.807) is 0 Å². The first-order valence-corrected chi connectivity index (χ1v) is 5.17. The standard InChI is InChI=1S/C10H20N2O/c1-3-4-8(7-11)10(13)12(2)9-5-6-9/h8-9H,3-7,11H2,1-2H3. The zero-order valence-electron chi connectivity index (χ0n) is 8.62. The quantitative estimate of drug-likeness (QED) is 0.692. The summed E-state index contributed by atoms with van der Waals surface area (Å²) >= 11 is 0. The molecule has 0 aromatic carbocycles. The number of hydrogen-bond donors (Lipinski definition) is 1. The molecule has 1 saturated carbocycles. The van der Waals surface area contributed by atoms with Crippen molar-refractivity contribution >= 4 is 5.91 Å². The lowest BCUT2D eigenvalue weighted by molar-refractivity contribution is -0.134. The summed E-state index contributed by atoms with van der Waals surface area (Å²) in [6.45, 7) is 2.58. The van der Waals surface area contributed by atoms with Gasteiger partial charge in [-0.1, -0.05) is 13.3 Å². The molecule has 1 rings (SSSR count). The van der Waals surface area contributed by atoms with Crippen LogP contribution in [-0.2, 0) is 4.79 Å². The fourth-order valence-electron chi connectivity index (χ4n) is 1.62. The zero-order valence-corrected chi connectivity index (χ0v) is 8.62. The van der Waals surface area contributed by atoms with Gasteiger partial charge in [0.05, 0.1) is 5.92 Å². The molecule has 1 atom stereocenters. The number of carbonyl (C=O) groups is 1. The Kier molecular flexibility index (Phi) is 3.72. The third-order valence-corrected chi connectivity index (χ3v) is 2.71. The summed E-state index contributed by atoms with van der Waals surface area (Å²) in [7, 11) is 1.90. The van der Waals surface area contributed by atoms with E-state index >= 15 is 0 Å². The van der Waals surface area contributed by atoms with E-state index in [2.05, 4.69) is 6.92 Å². The van der Waals surface area contributed by atoms with Crippen molar-refractivity contribution in [3.05, 3.63) is 0 Å². The van der Waals surface area contributed by atoms with Crippen molar-refractivity contribution in [2.24, 2.45) is 11.7 Å².